The first-order valence-corrected chi connectivity index (χ1v) is 10.2. The molecule has 0 fully saturated rings. The van der Waals surface area contributed by atoms with Gasteiger partial charge in [-0.1, -0.05) is 0 Å². The molecule has 8 nitrogen and oxygen atoms in total. The molecule has 4 aromatic heterocycles. The predicted molar refractivity (Wildman–Crippen MR) is 115 cm³/mol. The zero-order valence-electron chi connectivity index (χ0n) is 17.3. The molecule has 0 atom stereocenters. The van der Waals surface area contributed by atoms with E-state index in [9.17, 15) is 4.39 Å². The minimum absolute atomic E-state index is 0.0586. The van der Waals surface area contributed by atoms with E-state index in [0.29, 0.717) is 30.8 Å². The van der Waals surface area contributed by atoms with Gasteiger partial charge in [0.1, 0.15) is 17.8 Å². The summed E-state index contributed by atoms with van der Waals surface area (Å²) in [4.78, 5) is 18.4. The summed E-state index contributed by atoms with van der Waals surface area (Å²) in [6.07, 6.45) is 6.23. The van der Waals surface area contributed by atoms with Gasteiger partial charge in [0.25, 0.3) is 0 Å². The lowest BCUT2D eigenvalue weighted by Crippen LogP contribution is -2.35. The molecule has 5 rings (SSSR count). The lowest BCUT2D eigenvalue weighted by atomic mass is 10.1. The van der Waals surface area contributed by atoms with E-state index in [2.05, 4.69) is 30.4 Å². The number of rotatable bonds is 5. The van der Waals surface area contributed by atoms with E-state index in [1.807, 2.05) is 22.6 Å². The molecule has 0 radical (unpaired) electrons. The second-order valence-corrected chi connectivity index (χ2v) is 7.54. The number of aromatic nitrogens is 6. The van der Waals surface area contributed by atoms with Gasteiger partial charge >= 0.3 is 0 Å². The summed E-state index contributed by atoms with van der Waals surface area (Å²) < 4.78 is 31.7. The SMILES string of the molecule is Cc1cc(-c2ncc(CNc3ncnc(N4CCn5nccc5C4)c3F)cc2F)ccn1. The van der Waals surface area contributed by atoms with Gasteiger partial charge in [-0.15, -0.1) is 0 Å². The van der Waals surface area contributed by atoms with Gasteiger partial charge < -0.3 is 10.2 Å². The summed E-state index contributed by atoms with van der Waals surface area (Å²) >= 11 is 0. The van der Waals surface area contributed by atoms with Crippen LogP contribution >= 0.6 is 0 Å². The number of hydrogen-bond acceptors (Lipinski definition) is 7. The van der Waals surface area contributed by atoms with Crippen LogP contribution in [0.4, 0.5) is 20.4 Å². The Labute approximate surface area is 183 Å². The number of hydrogen-bond donors (Lipinski definition) is 1. The quantitative estimate of drug-likeness (QED) is 0.516. The van der Waals surface area contributed by atoms with E-state index >= 15 is 4.39 Å². The highest BCUT2D eigenvalue weighted by atomic mass is 19.1. The topological polar surface area (TPSA) is 84.7 Å². The molecule has 32 heavy (non-hydrogen) atoms. The summed E-state index contributed by atoms with van der Waals surface area (Å²) in [5.41, 5.74) is 3.25. The third kappa shape index (κ3) is 3.86. The van der Waals surface area contributed by atoms with Crippen LogP contribution in [0.1, 0.15) is 17.0 Å². The fraction of sp³-hybridized carbons (Fsp3) is 0.227. The van der Waals surface area contributed by atoms with Gasteiger partial charge in [-0.25, -0.2) is 14.4 Å². The minimum atomic E-state index is -0.544. The molecule has 0 unspecified atom stereocenters. The average Bonchev–Trinajstić information content (AvgIpc) is 3.26. The van der Waals surface area contributed by atoms with Crippen molar-refractivity contribution in [3.8, 4) is 11.3 Å². The lowest BCUT2D eigenvalue weighted by molar-refractivity contribution is 0.506. The van der Waals surface area contributed by atoms with Crippen molar-refractivity contribution in [2.24, 2.45) is 0 Å². The van der Waals surface area contributed by atoms with E-state index in [0.717, 1.165) is 11.4 Å². The van der Waals surface area contributed by atoms with Crippen molar-refractivity contribution in [3.63, 3.8) is 0 Å². The van der Waals surface area contributed by atoms with E-state index in [-0.39, 0.29) is 23.9 Å². The van der Waals surface area contributed by atoms with Gasteiger partial charge in [0, 0.05) is 42.9 Å². The van der Waals surface area contributed by atoms with Crippen LogP contribution in [0.15, 0.2) is 49.2 Å². The van der Waals surface area contributed by atoms with Crippen molar-refractivity contribution in [1.29, 1.82) is 0 Å². The normalized spacial score (nSPS) is 13.2. The molecule has 162 valence electrons. The van der Waals surface area contributed by atoms with Crippen molar-refractivity contribution in [1.82, 2.24) is 29.7 Å². The molecule has 1 N–H and O–H groups in total. The third-order valence-electron chi connectivity index (χ3n) is 5.34. The summed E-state index contributed by atoms with van der Waals surface area (Å²) in [7, 11) is 0. The molecule has 10 heteroatoms. The first-order chi connectivity index (χ1) is 15.6. The second-order valence-electron chi connectivity index (χ2n) is 7.54. The largest absolute Gasteiger partial charge is 0.363 e. The molecule has 0 amide bonds. The standard InChI is InChI=1S/C22H20F2N8/c1-14-8-16(2-4-25-14)20-18(23)9-15(10-26-20)11-27-21-19(24)22(29-13-28-21)31-6-7-32-17(12-31)3-5-30-32/h2-5,8-10,13H,6-7,11-12H2,1H3,(H,27,28,29). The van der Waals surface area contributed by atoms with Crippen LogP contribution in [0.25, 0.3) is 11.3 Å². The smallest absolute Gasteiger partial charge is 0.207 e. The Hall–Kier alpha value is -3.95. The van der Waals surface area contributed by atoms with Crippen LogP contribution in [0.2, 0.25) is 0 Å². The molecule has 1 aliphatic heterocycles. The molecule has 0 aromatic carbocycles. The lowest BCUT2D eigenvalue weighted by Gasteiger charge is -2.29. The molecule has 4 aromatic rings. The molecular weight excluding hydrogens is 414 g/mol. The number of anilines is 2. The summed E-state index contributed by atoms with van der Waals surface area (Å²) in [5, 5.41) is 7.17. The van der Waals surface area contributed by atoms with E-state index in [1.165, 1.54) is 12.4 Å². The third-order valence-corrected chi connectivity index (χ3v) is 5.34. The highest BCUT2D eigenvalue weighted by molar-refractivity contribution is 5.60. The van der Waals surface area contributed by atoms with Gasteiger partial charge in [-0.2, -0.15) is 9.49 Å². The fourth-order valence-electron chi connectivity index (χ4n) is 3.74. The zero-order chi connectivity index (χ0) is 22.1. The Bertz CT molecular complexity index is 1270. The molecule has 5 heterocycles. The van der Waals surface area contributed by atoms with Gasteiger partial charge in [0.2, 0.25) is 5.82 Å². The van der Waals surface area contributed by atoms with Gasteiger partial charge in [0.05, 0.1) is 18.8 Å². The number of nitrogens with one attached hydrogen (secondary N) is 1. The van der Waals surface area contributed by atoms with Gasteiger partial charge in [-0.05, 0) is 36.8 Å². The second kappa shape index (κ2) is 8.29. The molecule has 0 saturated carbocycles. The Balaban J connectivity index is 1.31. The number of nitrogens with zero attached hydrogens (tertiary/aromatic N) is 7. The average molecular weight is 434 g/mol. The van der Waals surface area contributed by atoms with Crippen molar-refractivity contribution < 1.29 is 8.78 Å². The van der Waals surface area contributed by atoms with Gasteiger partial charge in [0.15, 0.2) is 11.6 Å². The van der Waals surface area contributed by atoms with E-state index < -0.39 is 11.6 Å². The van der Waals surface area contributed by atoms with Crippen LogP contribution in [0, 0.1) is 18.6 Å². The molecule has 0 spiro atoms. The zero-order valence-corrected chi connectivity index (χ0v) is 17.3. The molecule has 1 aliphatic rings. The van der Waals surface area contributed by atoms with Gasteiger partial charge in [-0.3, -0.25) is 14.6 Å². The van der Waals surface area contributed by atoms with Crippen LogP contribution in [0.5, 0.6) is 0 Å². The van der Waals surface area contributed by atoms with Crippen LogP contribution in [-0.4, -0.2) is 36.3 Å². The van der Waals surface area contributed by atoms with Crippen molar-refractivity contribution >= 4 is 11.6 Å². The van der Waals surface area contributed by atoms with Crippen molar-refractivity contribution in [2.75, 3.05) is 16.8 Å². The van der Waals surface area contributed by atoms with Crippen LogP contribution in [0.3, 0.4) is 0 Å². The summed E-state index contributed by atoms with van der Waals surface area (Å²) in [6, 6.07) is 6.77. The first-order valence-electron chi connectivity index (χ1n) is 10.2. The molecule has 0 bridgehead atoms. The summed E-state index contributed by atoms with van der Waals surface area (Å²) in [6.45, 7) is 3.76. The van der Waals surface area contributed by atoms with Crippen molar-refractivity contribution in [3.05, 3.63) is 77.8 Å². The maximum atomic E-state index is 15.1. The number of pyridine rings is 2. The summed E-state index contributed by atoms with van der Waals surface area (Å²) in [5.74, 6) is -0.715. The Morgan fingerprint density at radius 3 is 2.78 bits per heavy atom. The van der Waals surface area contributed by atoms with Crippen LogP contribution in [-0.2, 0) is 19.6 Å². The predicted octanol–water partition coefficient (Wildman–Crippen LogP) is 3.35. The monoisotopic (exact) mass is 434 g/mol. The highest BCUT2D eigenvalue weighted by Crippen LogP contribution is 2.26. The first kappa shape index (κ1) is 20.0. The number of fused-ring (bicyclic) bond motifs is 1. The maximum Gasteiger partial charge on any atom is 0.207 e. The Kier molecular flexibility index (Phi) is 5.18. The minimum Gasteiger partial charge on any atom is -0.363 e. The van der Waals surface area contributed by atoms with E-state index in [4.69, 9.17) is 0 Å². The Morgan fingerprint density at radius 2 is 1.94 bits per heavy atom. The maximum absolute atomic E-state index is 15.1. The molecule has 0 aliphatic carbocycles. The molecular formula is C22H20F2N8. The molecule has 0 saturated heterocycles. The highest BCUT2D eigenvalue weighted by Gasteiger charge is 2.22. The van der Waals surface area contributed by atoms with E-state index in [1.54, 1.807) is 30.7 Å². The fourth-order valence-corrected chi connectivity index (χ4v) is 3.74. The van der Waals surface area contributed by atoms with Crippen molar-refractivity contribution in [2.45, 2.75) is 26.6 Å². The number of aryl methyl sites for hydroxylation is 1. The number of halogens is 2. The Morgan fingerprint density at radius 1 is 1.03 bits per heavy atom. The van der Waals surface area contributed by atoms with Crippen LogP contribution < -0.4 is 10.2 Å².